The molecule has 0 bridgehead atoms. The van der Waals surface area contributed by atoms with Crippen molar-refractivity contribution in [1.29, 1.82) is 0 Å². The van der Waals surface area contributed by atoms with Gasteiger partial charge in [0.25, 0.3) is 0 Å². The van der Waals surface area contributed by atoms with Crippen molar-refractivity contribution >= 4 is 34.6 Å². The maximum absolute atomic E-state index is 4.55. The van der Waals surface area contributed by atoms with E-state index in [0.717, 1.165) is 21.7 Å². The molecule has 78 valence electrons. The van der Waals surface area contributed by atoms with Crippen LogP contribution in [-0.4, -0.2) is 15.9 Å². The van der Waals surface area contributed by atoms with Crippen LogP contribution in [0.5, 0.6) is 0 Å². The fraction of sp³-hybridized carbons (Fsp3) is 0.400. The Balaban J connectivity index is 1.72. The second-order valence-electron chi connectivity index (χ2n) is 3.72. The summed E-state index contributed by atoms with van der Waals surface area (Å²) in [4.78, 5) is 9.73. The Hall–Kier alpha value is -0.680. The van der Waals surface area contributed by atoms with Gasteiger partial charge in [0.1, 0.15) is 0 Å². The van der Waals surface area contributed by atoms with Crippen LogP contribution in [0.3, 0.4) is 0 Å². The third kappa shape index (κ3) is 2.29. The van der Waals surface area contributed by atoms with Gasteiger partial charge in [0.2, 0.25) is 0 Å². The Labute approximate surface area is 97.3 Å². The van der Waals surface area contributed by atoms with E-state index in [1.165, 1.54) is 18.6 Å². The maximum Gasteiger partial charge on any atom is 0.172 e. The van der Waals surface area contributed by atoms with Crippen molar-refractivity contribution in [2.45, 2.75) is 17.7 Å². The van der Waals surface area contributed by atoms with Crippen LogP contribution in [0.1, 0.15) is 12.8 Å². The summed E-state index contributed by atoms with van der Waals surface area (Å²) in [6.45, 7) is 0. The van der Waals surface area contributed by atoms with E-state index in [9.17, 15) is 0 Å². The van der Waals surface area contributed by atoms with Crippen molar-refractivity contribution in [2.75, 3.05) is 5.75 Å². The summed E-state index contributed by atoms with van der Waals surface area (Å²) in [5.74, 6) is 2.13. The molecule has 0 aromatic carbocycles. The maximum atomic E-state index is 4.55. The predicted octanol–water partition coefficient (Wildman–Crippen LogP) is 2.82. The van der Waals surface area contributed by atoms with Gasteiger partial charge in [-0.3, -0.25) is 4.98 Å². The number of nitrogens with zero attached hydrogens (tertiary/aromatic N) is 2. The summed E-state index contributed by atoms with van der Waals surface area (Å²) in [6.07, 6.45) is 6.43. The topological polar surface area (TPSA) is 37.3 Å². The zero-order valence-electron chi connectivity index (χ0n) is 8.14. The Morgan fingerprint density at radius 3 is 3.33 bits per heavy atom. The Bertz CT molecular complexity index is 401. The van der Waals surface area contributed by atoms with E-state index in [0.29, 0.717) is 0 Å². The Morgan fingerprint density at radius 1 is 1.53 bits per heavy atom. The minimum Gasteiger partial charge on any atom is -0.305 e. The van der Waals surface area contributed by atoms with Crippen molar-refractivity contribution in [3.63, 3.8) is 0 Å². The quantitative estimate of drug-likeness (QED) is 0.803. The third-order valence-electron chi connectivity index (χ3n) is 2.39. The largest absolute Gasteiger partial charge is 0.305 e. The fourth-order valence-electron chi connectivity index (χ4n) is 1.32. The molecule has 1 fully saturated rings. The highest BCUT2D eigenvalue weighted by molar-refractivity contribution is 8.15. The molecule has 0 unspecified atom stereocenters. The lowest BCUT2D eigenvalue weighted by Crippen LogP contribution is -2.15. The molecule has 0 amide bonds. The van der Waals surface area contributed by atoms with E-state index in [-0.39, 0.29) is 0 Å². The van der Waals surface area contributed by atoms with E-state index in [1.54, 1.807) is 18.1 Å². The molecule has 2 heterocycles. The molecule has 15 heavy (non-hydrogen) atoms. The summed E-state index contributed by atoms with van der Waals surface area (Å²) in [7, 11) is 0. The van der Waals surface area contributed by atoms with Crippen LogP contribution in [0, 0.1) is 5.92 Å². The van der Waals surface area contributed by atoms with Gasteiger partial charge >= 0.3 is 0 Å². The molecule has 1 saturated carbocycles. The summed E-state index contributed by atoms with van der Waals surface area (Å²) in [5, 5.41) is 1.03. The van der Waals surface area contributed by atoms with Crippen molar-refractivity contribution < 1.29 is 0 Å². The highest BCUT2D eigenvalue weighted by Crippen LogP contribution is 2.36. The van der Waals surface area contributed by atoms with E-state index >= 15 is 0 Å². The summed E-state index contributed by atoms with van der Waals surface area (Å²) in [5.41, 5.74) is 1.03. The van der Waals surface area contributed by atoms with Crippen LogP contribution < -0.4 is 4.72 Å². The monoisotopic (exact) mass is 237 g/mol. The van der Waals surface area contributed by atoms with Gasteiger partial charge in [0.05, 0.1) is 10.6 Å². The first-order valence-corrected chi connectivity index (χ1v) is 6.80. The van der Waals surface area contributed by atoms with Crippen LogP contribution in [0.2, 0.25) is 0 Å². The van der Waals surface area contributed by atoms with Crippen LogP contribution in [0.25, 0.3) is 0 Å². The molecule has 0 spiro atoms. The molecule has 0 saturated heterocycles. The zero-order valence-corrected chi connectivity index (χ0v) is 9.77. The fourth-order valence-corrected chi connectivity index (χ4v) is 3.14. The molecular weight excluding hydrogens is 226 g/mol. The number of nitrogens with one attached hydrogen (secondary N) is 1. The molecule has 1 aromatic heterocycles. The van der Waals surface area contributed by atoms with Gasteiger partial charge in [0, 0.05) is 18.1 Å². The first-order chi connectivity index (χ1) is 7.42. The number of hydrogen-bond acceptors (Lipinski definition) is 5. The molecule has 0 atom stereocenters. The molecule has 1 N–H and O–H groups in total. The van der Waals surface area contributed by atoms with Crippen molar-refractivity contribution in [2.24, 2.45) is 10.9 Å². The average molecular weight is 237 g/mol. The van der Waals surface area contributed by atoms with Gasteiger partial charge in [-0.2, -0.15) is 0 Å². The van der Waals surface area contributed by atoms with Gasteiger partial charge in [-0.25, -0.2) is 4.99 Å². The average Bonchev–Trinajstić information content (AvgIpc) is 3.10. The third-order valence-corrected chi connectivity index (χ3v) is 4.45. The number of hydrogen-bond donors (Lipinski definition) is 1. The molecule has 1 aliphatic heterocycles. The number of pyridine rings is 1. The van der Waals surface area contributed by atoms with Gasteiger partial charge in [-0.1, -0.05) is 11.8 Å². The smallest absolute Gasteiger partial charge is 0.172 e. The van der Waals surface area contributed by atoms with Crippen molar-refractivity contribution in [3.8, 4) is 0 Å². The molecule has 2 aliphatic rings. The number of thioether (sulfide) groups is 1. The highest BCUT2D eigenvalue weighted by Gasteiger charge is 2.22. The van der Waals surface area contributed by atoms with Crippen LogP contribution in [-0.2, 0) is 0 Å². The predicted molar refractivity (Wildman–Crippen MR) is 65.5 cm³/mol. The highest BCUT2D eigenvalue weighted by atomic mass is 32.2. The molecule has 0 radical (unpaired) electrons. The second kappa shape index (κ2) is 4.06. The van der Waals surface area contributed by atoms with Gasteiger partial charge < -0.3 is 4.72 Å². The van der Waals surface area contributed by atoms with E-state index < -0.39 is 0 Å². The molecular formula is C10H11N3S2. The molecule has 1 aromatic rings. The summed E-state index contributed by atoms with van der Waals surface area (Å²) >= 11 is 3.43. The van der Waals surface area contributed by atoms with E-state index in [2.05, 4.69) is 14.7 Å². The van der Waals surface area contributed by atoms with E-state index in [4.69, 9.17) is 0 Å². The number of aromatic nitrogens is 1. The van der Waals surface area contributed by atoms with Crippen LogP contribution in [0.4, 0.5) is 5.69 Å². The number of amidine groups is 1. The molecule has 5 heteroatoms. The normalized spacial score (nSPS) is 19.1. The lowest BCUT2D eigenvalue weighted by Gasteiger charge is -2.14. The Morgan fingerprint density at radius 2 is 2.47 bits per heavy atom. The number of aliphatic imine (C=N–C) groups is 1. The molecule has 3 rings (SSSR count). The van der Waals surface area contributed by atoms with Gasteiger partial charge in [-0.05, 0) is 36.8 Å². The lowest BCUT2D eigenvalue weighted by molar-refractivity contribution is 1.00. The Kier molecular flexibility index (Phi) is 2.58. The standard InChI is InChI=1S/C10H11N3S2/c1-2-7(1)6-14-10-12-8-3-4-11-5-9(8)15-13-10/h3-5,7H,1-2,6H2,(H,12,13). The number of rotatable bonds is 2. The summed E-state index contributed by atoms with van der Waals surface area (Å²) in [6, 6.07) is 1.96. The second-order valence-corrected chi connectivity index (χ2v) is 5.58. The van der Waals surface area contributed by atoms with Gasteiger partial charge in [0.15, 0.2) is 5.17 Å². The van der Waals surface area contributed by atoms with Crippen molar-refractivity contribution in [1.82, 2.24) is 9.71 Å². The van der Waals surface area contributed by atoms with Gasteiger partial charge in [-0.15, -0.1) is 0 Å². The first-order valence-electron chi connectivity index (χ1n) is 5.00. The number of fused-ring (bicyclic) bond motifs is 1. The first kappa shape index (κ1) is 9.54. The van der Waals surface area contributed by atoms with E-state index in [1.807, 2.05) is 24.0 Å². The van der Waals surface area contributed by atoms with Crippen LogP contribution >= 0.6 is 23.7 Å². The van der Waals surface area contributed by atoms with Crippen LogP contribution in [0.15, 0.2) is 28.3 Å². The van der Waals surface area contributed by atoms with Crippen molar-refractivity contribution in [3.05, 3.63) is 18.5 Å². The molecule has 1 aliphatic carbocycles. The zero-order chi connectivity index (χ0) is 10.1. The minimum atomic E-state index is 0.934. The summed E-state index contributed by atoms with van der Waals surface area (Å²) < 4.78 is 3.25. The SMILES string of the molecule is c1cc2c(cn1)SNC(SCC1CC1)=N2. The molecule has 3 nitrogen and oxygen atoms in total. The minimum absolute atomic E-state index is 0.934. The lowest BCUT2D eigenvalue weighted by atomic mass is 10.4.